The average molecular weight is 335 g/mol. The number of nitrogens with zero attached hydrogens (tertiary/aromatic N) is 2. The van der Waals surface area contributed by atoms with E-state index in [1.165, 1.54) is 11.1 Å². The van der Waals surface area contributed by atoms with Gasteiger partial charge in [0.2, 0.25) is 0 Å². The Morgan fingerprint density at radius 1 is 1.28 bits per heavy atom. The van der Waals surface area contributed by atoms with Crippen molar-refractivity contribution in [3.05, 3.63) is 58.9 Å². The van der Waals surface area contributed by atoms with Crippen molar-refractivity contribution in [3.8, 4) is 6.07 Å². The Labute approximate surface area is 149 Å². The Bertz CT molecular complexity index is 759. The van der Waals surface area contributed by atoms with E-state index in [9.17, 15) is 4.79 Å². The quantitative estimate of drug-likeness (QED) is 0.914. The van der Waals surface area contributed by atoms with Crippen LogP contribution in [0.25, 0.3) is 0 Å². The molecule has 4 heteroatoms. The van der Waals surface area contributed by atoms with E-state index in [4.69, 9.17) is 5.26 Å². The van der Waals surface area contributed by atoms with Gasteiger partial charge in [0, 0.05) is 19.3 Å². The summed E-state index contributed by atoms with van der Waals surface area (Å²) in [5.41, 5.74) is 3.79. The summed E-state index contributed by atoms with van der Waals surface area (Å²) in [6, 6.07) is 12.6. The van der Waals surface area contributed by atoms with Crippen molar-refractivity contribution < 1.29 is 4.79 Å². The fourth-order valence-electron chi connectivity index (χ4n) is 3.48. The first-order chi connectivity index (χ1) is 12.1. The van der Waals surface area contributed by atoms with Gasteiger partial charge in [0.05, 0.1) is 5.56 Å². The van der Waals surface area contributed by atoms with Gasteiger partial charge in [-0.25, -0.2) is 0 Å². The van der Waals surface area contributed by atoms with Crippen LogP contribution >= 0.6 is 0 Å². The molecule has 1 saturated heterocycles. The number of aromatic nitrogens is 1. The lowest BCUT2D eigenvalue weighted by Crippen LogP contribution is -2.38. The summed E-state index contributed by atoms with van der Waals surface area (Å²) in [6.45, 7) is 6.01. The van der Waals surface area contributed by atoms with Gasteiger partial charge in [0.1, 0.15) is 11.8 Å². The third-order valence-corrected chi connectivity index (χ3v) is 5.12. The Morgan fingerprint density at radius 3 is 2.52 bits per heavy atom. The van der Waals surface area contributed by atoms with E-state index in [2.05, 4.69) is 43.1 Å². The fraction of sp³-hybridized carbons (Fsp3) is 0.429. The third kappa shape index (κ3) is 4.11. The van der Waals surface area contributed by atoms with Crippen LogP contribution < -0.4 is 0 Å². The largest absolute Gasteiger partial charge is 0.352 e. The second-order valence-corrected chi connectivity index (χ2v) is 7.25. The molecule has 130 valence electrons. The first-order valence-corrected chi connectivity index (χ1v) is 9.03. The molecule has 0 unspecified atom stereocenters. The van der Waals surface area contributed by atoms with Crippen LogP contribution in [0, 0.1) is 17.2 Å². The maximum atomic E-state index is 12.5. The molecule has 0 spiro atoms. The molecule has 1 amide bonds. The Kier molecular flexibility index (Phi) is 5.23. The first-order valence-electron chi connectivity index (χ1n) is 9.03. The van der Waals surface area contributed by atoms with Gasteiger partial charge in [-0.1, -0.05) is 38.1 Å². The SMILES string of the molecule is CC(C)c1ccc(CC2CCN(C(=O)c3c[nH]c(C#N)c3)CC2)cc1. The minimum Gasteiger partial charge on any atom is -0.352 e. The minimum absolute atomic E-state index is 0.0255. The number of nitrogens with one attached hydrogen (secondary N) is 1. The van der Waals surface area contributed by atoms with Gasteiger partial charge in [0.25, 0.3) is 5.91 Å². The summed E-state index contributed by atoms with van der Waals surface area (Å²) in [7, 11) is 0. The number of carbonyl (C=O) groups excluding carboxylic acids is 1. The molecule has 1 aromatic heterocycles. The molecule has 2 aromatic rings. The molecule has 25 heavy (non-hydrogen) atoms. The third-order valence-electron chi connectivity index (χ3n) is 5.12. The maximum Gasteiger partial charge on any atom is 0.255 e. The maximum absolute atomic E-state index is 12.5. The van der Waals surface area contributed by atoms with Crippen LogP contribution in [-0.4, -0.2) is 28.9 Å². The number of aromatic amines is 1. The zero-order valence-electron chi connectivity index (χ0n) is 15.0. The second-order valence-electron chi connectivity index (χ2n) is 7.25. The normalized spacial score (nSPS) is 15.4. The van der Waals surface area contributed by atoms with E-state index < -0.39 is 0 Å². The Morgan fingerprint density at radius 2 is 1.96 bits per heavy atom. The van der Waals surface area contributed by atoms with Gasteiger partial charge in [-0.15, -0.1) is 0 Å². The summed E-state index contributed by atoms with van der Waals surface area (Å²) >= 11 is 0. The van der Waals surface area contributed by atoms with Crippen molar-refractivity contribution >= 4 is 5.91 Å². The van der Waals surface area contributed by atoms with Crippen LogP contribution in [0.1, 0.15) is 59.8 Å². The van der Waals surface area contributed by atoms with Crippen LogP contribution in [0.3, 0.4) is 0 Å². The van der Waals surface area contributed by atoms with Crippen molar-refractivity contribution in [1.29, 1.82) is 5.26 Å². The van der Waals surface area contributed by atoms with Gasteiger partial charge in [-0.05, 0) is 48.3 Å². The monoisotopic (exact) mass is 335 g/mol. The van der Waals surface area contributed by atoms with Crippen molar-refractivity contribution in [2.75, 3.05) is 13.1 Å². The van der Waals surface area contributed by atoms with Gasteiger partial charge < -0.3 is 9.88 Å². The van der Waals surface area contributed by atoms with Crippen LogP contribution in [0.4, 0.5) is 0 Å². The first kappa shape index (κ1) is 17.3. The van der Waals surface area contributed by atoms with Gasteiger partial charge in [-0.2, -0.15) is 5.26 Å². The molecule has 0 bridgehead atoms. The van der Waals surface area contributed by atoms with Gasteiger partial charge in [-0.3, -0.25) is 4.79 Å². The lowest BCUT2D eigenvalue weighted by atomic mass is 9.89. The summed E-state index contributed by atoms with van der Waals surface area (Å²) < 4.78 is 0. The van der Waals surface area contributed by atoms with E-state index in [1.807, 2.05) is 11.0 Å². The number of rotatable bonds is 4. The number of likely N-dealkylation sites (tertiary alicyclic amines) is 1. The van der Waals surface area contributed by atoms with E-state index in [-0.39, 0.29) is 5.91 Å². The van der Waals surface area contributed by atoms with E-state index in [0.717, 1.165) is 32.4 Å². The average Bonchev–Trinajstić information content (AvgIpc) is 3.11. The molecular weight excluding hydrogens is 310 g/mol. The summed E-state index contributed by atoms with van der Waals surface area (Å²) in [5.74, 6) is 1.23. The molecular formula is C21H25N3O. The summed E-state index contributed by atoms with van der Waals surface area (Å²) in [6.07, 6.45) is 4.78. The minimum atomic E-state index is 0.0255. The van der Waals surface area contributed by atoms with E-state index in [0.29, 0.717) is 23.1 Å². The molecule has 0 radical (unpaired) electrons. The van der Waals surface area contributed by atoms with E-state index in [1.54, 1.807) is 12.3 Å². The molecule has 0 saturated carbocycles. The molecule has 1 aliphatic rings. The molecule has 2 heterocycles. The van der Waals surface area contributed by atoms with Crippen LogP contribution in [0.15, 0.2) is 36.5 Å². The van der Waals surface area contributed by atoms with Gasteiger partial charge in [0.15, 0.2) is 0 Å². The van der Waals surface area contributed by atoms with Crippen molar-refractivity contribution in [1.82, 2.24) is 9.88 Å². The smallest absolute Gasteiger partial charge is 0.255 e. The highest BCUT2D eigenvalue weighted by Crippen LogP contribution is 2.24. The zero-order valence-corrected chi connectivity index (χ0v) is 15.0. The number of carbonyl (C=O) groups is 1. The molecule has 1 N–H and O–H groups in total. The predicted molar refractivity (Wildman–Crippen MR) is 98.4 cm³/mol. The van der Waals surface area contributed by atoms with Crippen LogP contribution in [-0.2, 0) is 6.42 Å². The number of nitriles is 1. The highest BCUT2D eigenvalue weighted by Gasteiger charge is 2.24. The predicted octanol–water partition coefficient (Wildman–Crippen LogP) is 4.10. The fourth-order valence-corrected chi connectivity index (χ4v) is 3.48. The van der Waals surface area contributed by atoms with E-state index >= 15 is 0 Å². The number of piperidine rings is 1. The molecule has 0 aliphatic carbocycles. The highest BCUT2D eigenvalue weighted by atomic mass is 16.2. The lowest BCUT2D eigenvalue weighted by molar-refractivity contribution is 0.0691. The molecule has 1 aliphatic heterocycles. The topological polar surface area (TPSA) is 59.9 Å². The molecule has 4 nitrogen and oxygen atoms in total. The lowest BCUT2D eigenvalue weighted by Gasteiger charge is -2.32. The Balaban J connectivity index is 1.53. The number of hydrogen-bond acceptors (Lipinski definition) is 2. The van der Waals surface area contributed by atoms with Crippen molar-refractivity contribution in [3.63, 3.8) is 0 Å². The summed E-state index contributed by atoms with van der Waals surface area (Å²) in [4.78, 5) is 17.2. The standard InChI is InChI=1S/C21H25N3O/c1-15(2)18-5-3-16(4-6-18)11-17-7-9-24(10-8-17)21(25)19-12-20(13-22)23-14-19/h3-6,12,14-15,17,23H,7-11H2,1-2H3. The zero-order chi connectivity index (χ0) is 17.8. The summed E-state index contributed by atoms with van der Waals surface area (Å²) in [5, 5.41) is 8.86. The Hall–Kier alpha value is -2.54. The number of hydrogen-bond donors (Lipinski definition) is 1. The molecule has 0 atom stereocenters. The highest BCUT2D eigenvalue weighted by molar-refractivity contribution is 5.94. The molecule has 1 aromatic carbocycles. The van der Waals surface area contributed by atoms with Crippen molar-refractivity contribution in [2.45, 2.75) is 39.0 Å². The second kappa shape index (κ2) is 7.57. The number of amides is 1. The van der Waals surface area contributed by atoms with Crippen molar-refractivity contribution in [2.24, 2.45) is 5.92 Å². The van der Waals surface area contributed by atoms with Gasteiger partial charge >= 0.3 is 0 Å². The molecule has 1 fully saturated rings. The molecule has 3 rings (SSSR count). The van der Waals surface area contributed by atoms with Crippen LogP contribution in [0.5, 0.6) is 0 Å². The number of H-pyrrole nitrogens is 1. The van der Waals surface area contributed by atoms with Crippen LogP contribution in [0.2, 0.25) is 0 Å². The number of benzene rings is 1.